The largest absolute Gasteiger partial charge is 0.465 e. The molecule has 1 aromatic heterocycles. The van der Waals surface area contributed by atoms with Gasteiger partial charge in [-0.05, 0) is 18.1 Å². The number of rotatable bonds is 10. The molecule has 0 spiro atoms. The topological polar surface area (TPSA) is 68.1 Å². The molecule has 0 saturated heterocycles. The van der Waals surface area contributed by atoms with E-state index in [0.717, 1.165) is 29.3 Å². The average molecular weight is 316 g/mol. The first-order valence-corrected chi connectivity index (χ1v) is 8.69. The molecule has 23 heavy (non-hydrogen) atoms. The number of hydrogen-bond acceptors (Lipinski definition) is 3. The van der Waals surface area contributed by atoms with Crippen molar-refractivity contribution in [1.82, 2.24) is 4.98 Å². The van der Waals surface area contributed by atoms with Crippen LogP contribution in [0.5, 0.6) is 0 Å². The fraction of sp³-hybridized carbons (Fsp3) is 0.526. The maximum atomic E-state index is 12.0. The average Bonchev–Trinajstić information content (AvgIpc) is 2.97. The molecule has 2 rings (SSSR count). The van der Waals surface area contributed by atoms with Crippen LogP contribution in [0.15, 0.2) is 30.5 Å². The molecule has 0 bridgehead atoms. The number of carbonyl (C=O) groups is 1. The van der Waals surface area contributed by atoms with Gasteiger partial charge in [0, 0.05) is 23.5 Å². The van der Waals surface area contributed by atoms with Crippen LogP contribution in [0, 0.1) is 0 Å². The maximum Gasteiger partial charge on any atom is 0.323 e. The van der Waals surface area contributed by atoms with Crippen LogP contribution in [0.3, 0.4) is 0 Å². The lowest BCUT2D eigenvalue weighted by Crippen LogP contribution is -2.34. The molecule has 4 nitrogen and oxygen atoms in total. The Kier molecular flexibility index (Phi) is 7.14. The number of aromatic amines is 1. The van der Waals surface area contributed by atoms with Gasteiger partial charge in [-0.25, -0.2) is 0 Å². The van der Waals surface area contributed by atoms with Gasteiger partial charge in [-0.3, -0.25) is 4.79 Å². The Hall–Kier alpha value is -1.81. The molecule has 0 fully saturated rings. The van der Waals surface area contributed by atoms with Crippen molar-refractivity contribution in [3.63, 3.8) is 0 Å². The third kappa shape index (κ3) is 5.39. The smallest absolute Gasteiger partial charge is 0.323 e. The second kappa shape index (κ2) is 9.36. The minimum Gasteiger partial charge on any atom is -0.465 e. The molecule has 126 valence electrons. The highest BCUT2D eigenvalue weighted by molar-refractivity contribution is 5.84. The Morgan fingerprint density at radius 2 is 1.91 bits per heavy atom. The third-order valence-electron chi connectivity index (χ3n) is 4.16. The number of nitrogens with two attached hydrogens (primary N) is 1. The number of ether oxygens (including phenoxy) is 1. The van der Waals surface area contributed by atoms with E-state index >= 15 is 0 Å². The monoisotopic (exact) mass is 316 g/mol. The summed E-state index contributed by atoms with van der Waals surface area (Å²) in [6, 6.07) is 7.42. The second-order valence-corrected chi connectivity index (χ2v) is 6.11. The molecule has 0 amide bonds. The summed E-state index contributed by atoms with van der Waals surface area (Å²) in [6.07, 6.45) is 9.48. The SMILES string of the molecule is CCCCCCCCOC(=O)C(N)Cc1c[nH]c2ccccc12. The first-order valence-electron chi connectivity index (χ1n) is 8.69. The van der Waals surface area contributed by atoms with Gasteiger partial charge in [-0.1, -0.05) is 57.2 Å². The molecule has 0 saturated carbocycles. The Bertz CT molecular complexity index is 606. The van der Waals surface area contributed by atoms with Crippen LogP contribution in [-0.2, 0) is 16.0 Å². The van der Waals surface area contributed by atoms with Crippen LogP contribution < -0.4 is 5.73 Å². The van der Waals surface area contributed by atoms with Crippen molar-refractivity contribution in [3.8, 4) is 0 Å². The zero-order valence-corrected chi connectivity index (χ0v) is 14.0. The zero-order chi connectivity index (χ0) is 16.5. The van der Waals surface area contributed by atoms with Gasteiger partial charge in [-0.15, -0.1) is 0 Å². The molecule has 0 aliphatic carbocycles. The number of unbranched alkanes of at least 4 members (excludes halogenated alkanes) is 5. The van der Waals surface area contributed by atoms with Gasteiger partial charge in [0.25, 0.3) is 0 Å². The quantitative estimate of drug-likeness (QED) is 0.515. The maximum absolute atomic E-state index is 12.0. The van der Waals surface area contributed by atoms with Gasteiger partial charge < -0.3 is 15.5 Å². The molecule has 0 aliphatic heterocycles. The number of H-pyrrole nitrogens is 1. The molecule has 1 atom stereocenters. The molecule has 4 heteroatoms. The normalized spacial score (nSPS) is 12.4. The van der Waals surface area contributed by atoms with Crippen molar-refractivity contribution >= 4 is 16.9 Å². The highest BCUT2D eigenvalue weighted by Crippen LogP contribution is 2.19. The van der Waals surface area contributed by atoms with Crippen LogP contribution in [0.2, 0.25) is 0 Å². The molecular weight excluding hydrogens is 288 g/mol. The summed E-state index contributed by atoms with van der Waals surface area (Å²) >= 11 is 0. The van der Waals surface area contributed by atoms with Crippen LogP contribution in [0.4, 0.5) is 0 Å². The van der Waals surface area contributed by atoms with E-state index < -0.39 is 6.04 Å². The minimum absolute atomic E-state index is 0.302. The van der Waals surface area contributed by atoms with E-state index in [1.807, 2.05) is 30.5 Å². The number of nitrogens with one attached hydrogen (secondary N) is 1. The predicted octanol–water partition coefficient (Wildman–Crippen LogP) is 3.94. The van der Waals surface area contributed by atoms with E-state index in [4.69, 9.17) is 10.5 Å². The number of carbonyl (C=O) groups excluding carboxylic acids is 1. The highest BCUT2D eigenvalue weighted by Gasteiger charge is 2.17. The van der Waals surface area contributed by atoms with Crippen LogP contribution in [0.1, 0.15) is 51.0 Å². The minimum atomic E-state index is -0.603. The zero-order valence-electron chi connectivity index (χ0n) is 14.0. The number of para-hydroxylation sites is 1. The number of esters is 1. The summed E-state index contributed by atoms with van der Waals surface area (Å²) in [5.74, 6) is -0.302. The number of fused-ring (bicyclic) bond motifs is 1. The van der Waals surface area contributed by atoms with Crippen molar-refractivity contribution in [3.05, 3.63) is 36.0 Å². The standard InChI is InChI=1S/C19H28N2O2/c1-2-3-4-5-6-9-12-23-19(22)17(20)13-15-14-21-18-11-8-7-10-16(15)18/h7-8,10-11,14,17,21H,2-6,9,12-13,20H2,1H3. The first-order chi connectivity index (χ1) is 11.2. The van der Waals surface area contributed by atoms with Crippen molar-refractivity contribution < 1.29 is 9.53 Å². The van der Waals surface area contributed by atoms with E-state index in [9.17, 15) is 4.79 Å². The van der Waals surface area contributed by atoms with E-state index in [1.165, 1.54) is 25.7 Å². The van der Waals surface area contributed by atoms with Gasteiger partial charge in [-0.2, -0.15) is 0 Å². The number of hydrogen-bond donors (Lipinski definition) is 2. The van der Waals surface area contributed by atoms with Crippen molar-refractivity contribution in [1.29, 1.82) is 0 Å². The lowest BCUT2D eigenvalue weighted by molar-refractivity contribution is -0.145. The molecule has 3 N–H and O–H groups in total. The third-order valence-corrected chi connectivity index (χ3v) is 4.16. The van der Waals surface area contributed by atoms with Gasteiger partial charge >= 0.3 is 5.97 Å². The molecule has 1 aromatic carbocycles. The summed E-state index contributed by atoms with van der Waals surface area (Å²) in [5.41, 5.74) is 8.12. The van der Waals surface area contributed by atoms with Crippen molar-refractivity contribution in [2.24, 2.45) is 5.73 Å². The highest BCUT2D eigenvalue weighted by atomic mass is 16.5. The summed E-state index contributed by atoms with van der Waals surface area (Å²) in [7, 11) is 0. The van der Waals surface area contributed by atoms with Crippen LogP contribution in [-0.4, -0.2) is 23.6 Å². The number of aromatic nitrogens is 1. The first kappa shape index (κ1) is 17.5. The molecule has 1 unspecified atom stereocenters. The fourth-order valence-electron chi connectivity index (χ4n) is 2.78. The fourth-order valence-corrected chi connectivity index (χ4v) is 2.78. The molecule has 0 aliphatic rings. The molecule has 2 aromatic rings. The Morgan fingerprint density at radius 3 is 2.74 bits per heavy atom. The lowest BCUT2D eigenvalue weighted by atomic mass is 10.1. The van der Waals surface area contributed by atoms with Crippen LogP contribution >= 0.6 is 0 Å². The summed E-state index contributed by atoms with van der Waals surface area (Å²) in [5, 5.41) is 1.12. The van der Waals surface area contributed by atoms with E-state index in [-0.39, 0.29) is 5.97 Å². The summed E-state index contributed by atoms with van der Waals surface area (Å²) < 4.78 is 5.30. The van der Waals surface area contributed by atoms with E-state index in [0.29, 0.717) is 13.0 Å². The van der Waals surface area contributed by atoms with Gasteiger partial charge in [0.1, 0.15) is 6.04 Å². The van der Waals surface area contributed by atoms with Crippen LogP contribution in [0.25, 0.3) is 10.9 Å². The molecular formula is C19H28N2O2. The lowest BCUT2D eigenvalue weighted by Gasteiger charge is -2.11. The Labute approximate surface area is 138 Å². The summed E-state index contributed by atoms with van der Waals surface area (Å²) in [6.45, 7) is 2.68. The van der Waals surface area contributed by atoms with E-state index in [1.54, 1.807) is 0 Å². The summed E-state index contributed by atoms with van der Waals surface area (Å²) in [4.78, 5) is 15.2. The van der Waals surface area contributed by atoms with Crippen molar-refractivity contribution in [2.45, 2.75) is 57.9 Å². The van der Waals surface area contributed by atoms with Gasteiger partial charge in [0.15, 0.2) is 0 Å². The van der Waals surface area contributed by atoms with Gasteiger partial charge in [0.2, 0.25) is 0 Å². The van der Waals surface area contributed by atoms with Gasteiger partial charge in [0.05, 0.1) is 6.61 Å². The molecule has 0 radical (unpaired) electrons. The van der Waals surface area contributed by atoms with Crippen molar-refractivity contribution in [2.75, 3.05) is 6.61 Å². The number of benzene rings is 1. The van der Waals surface area contributed by atoms with E-state index in [2.05, 4.69) is 11.9 Å². The Morgan fingerprint density at radius 1 is 1.17 bits per heavy atom. The second-order valence-electron chi connectivity index (χ2n) is 6.11. The molecule has 1 heterocycles. The Balaban J connectivity index is 1.71. The predicted molar refractivity (Wildman–Crippen MR) is 94.3 cm³/mol.